The number of amides is 2. The van der Waals surface area contributed by atoms with Crippen LogP contribution in [-0.4, -0.2) is 46.4 Å². The molecule has 0 heterocycles. The molecule has 0 aliphatic heterocycles. The molecule has 0 aromatic heterocycles. The normalized spacial score (nSPS) is 10.8. The van der Waals surface area contributed by atoms with Crippen molar-refractivity contribution in [3.8, 4) is 23.0 Å². The third-order valence-electron chi connectivity index (χ3n) is 6.57. The van der Waals surface area contributed by atoms with Crippen molar-refractivity contribution in [2.45, 2.75) is 0 Å². The van der Waals surface area contributed by atoms with Gasteiger partial charge in [0, 0.05) is 11.1 Å². The minimum absolute atomic E-state index is 0.00166. The van der Waals surface area contributed by atoms with Crippen molar-refractivity contribution in [3.63, 3.8) is 0 Å². The fraction of sp³-hybridized carbons (Fsp3) is 0. The molecule has 0 saturated carbocycles. The highest BCUT2D eigenvalue weighted by Gasteiger charge is 2.20. The number of rotatable bonds is 10. The number of aromatic hydroxyl groups is 2. The van der Waals surface area contributed by atoms with Gasteiger partial charge in [0.15, 0.2) is 0 Å². The van der Waals surface area contributed by atoms with Gasteiger partial charge in [0.25, 0.3) is 11.8 Å². The fourth-order valence-electron chi connectivity index (χ4n) is 4.09. The lowest BCUT2D eigenvalue weighted by Crippen LogP contribution is -2.17. The fourth-order valence-corrected chi connectivity index (χ4v) is 4.09. The molecule has 0 aliphatic rings. The van der Waals surface area contributed by atoms with E-state index in [-0.39, 0.29) is 34.1 Å². The van der Waals surface area contributed by atoms with Crippen molar-refractivity contribution in [1.29, 1.82) is 0 Å². The number of esters is 2. The lowest BCUT2D eigenvalue weighted by molar-refractivity contribution is 0.0692. The summed E-state index contributed by atoms with van der Waals surface area (Å²) in [5.41, 5.74) is 6.64. The molecular weight excluding hydrogens is 616 g/mol. The Kier molecular flexibility index (Phi) is 10.3. The molecule has 12 heteroatoms. The second-order valence-electron chi connectivity index (χ2n) is 9.95. The molecule has 5 aromatic rings. The molecule has 0 radical (unpaired) electrons. The molecular formula is C36H26N4O8. The standard InChI is InChI=1S/C36H26N4O8/c41-27-13-9-25(10-14-27)33(43)39-37-21-23-5-17-29(18-6-23)47-35(45)31-3-1-2-4-32(31)36(46)48-30-19-7-24(8-20-30)22-38-40-34(44)26-11-15-28(42)16-12-26/h1-22,41-42H,(H,39,43)(H,40,44)/b37-21+,38-22+. The van der Waals surface area contributed by atoms with Crippen molar-refractivity contribution >= 4 is 36.2 Å². The molecule has 0 unspecified atom stereocenters. The maximum absolute atomic E-state index is 13.0. The molecule has 238 valence electrons. The molecule has 0 saturated heterocycles. The van der Waals surface area contributed by atoms with E-state index in [1.807, 2.05) is 0 Å². The first kappa shape index (κ1) is 32.3. The molecule has 48 heavy (non-hydrogen) atoms. The highest BCUT2D eigenvalue weighted by Crippen LogP contribution is 2.19. The van der Waals surface area contributed by atoms with Crippen LogP contribution in [0.5, 0.6) is 23.0 Å². The summed E-state index contributed by atoms with van der Waals surface area (Å²) in [6.45, 7) is 0. The molecule has 0 atom stereocenters. The van der Waals surface area contributed by atoms with Crippen LogP contribution in [0.1, 0.15) is 52.6 Å². The van der Waals surface area contributed by atoms with Crippen LogP contribution in [-0.2, 0) is 0 Å². The maximum atomic E-state index is 13.0. The van der Waals surface area contributed by atoms with Gasteiger partial charge in [-0.3, -0.25) is 9.59 Å². The number of phenolic OH excluding ortho intramolecular Hbond substituents is 2. The van der Waals surface area contributed by atoms with Crippen LogP contribution in [0.2, 0.25) is 0 Å². The maximum Gasteiger partial charge on any atom is 0.344 e. The minimum atomic E-state index is -0.772. The second kappa shape index (κ2) is 15.3. The van der Waals surface area contributed by atoms with Gasteiger partial charge in [0.1, 0.15) is 23.0 Å². The largest absolute Gasteiger partial charge is 0.508 e. The lowest BCUT2D eigenvalue weighted by Gasteiger charge is -2.10. The zero-order chi connectivity index (χ0) is 33.9. The number of hydrazone groups is 2. The van der Waals surface area contributed by atoms with Gasteiger partial charge < -0.3 is 19.7 Å². The van der Waals surface area contributed by atoms with Gasteiger partial charge in [-0.25, -0.2) is 20.4 Å². The summed E-state index contributed by atoms with van der Waals surface area (Å²) in [6.07, 6.45) is 2.82. The van der Waals surface area contributed by atoms with Gasteiger partial charge in [-0.2, -0.15) is 10.2 Å². The highest BCUT2D eigenvalue weighted by atomic mass is 16.5. The van der Waals surface area contributed by atoms with E-state index in [1.54, 1.807) is 36.4 Å². The first-order valence-corrected chi connectivity index (χ1v) is 14.2. The van der Waals surface area contributed by atoms with Crippen LogP contribution in [0.25, 0.3) is 0 Å². The Bertz CT molecular complexity index is 1840. The van der Waals surface area contributed by atoms with Crippen LogP contribution in [0.4, 0.5) is 0 Å². The van der Waals surface area contributed by atoms with Gasteiger partial charge in [0.2, 0.25) is 0 Å². The average Bonchev–Trinajstić information content (AvgIpc) is 3.10. The molecule has 0 fully saturated rings. The highest BCUT2D eigenvalue weighted by molar-refractivity contribution is 6.04. The Balaban J connectivity index is 1.14. The van der Waals surface area contributed by atoms with Crippen molar-refractivity contribution in [2.75, 3.05) is 0 Å². The topological polar surface area (TPSA) is 176 Å². The van der Waals surface area contributed by atoms with Crippen molar-refractivity contribution in [1.82, 2.24) is 10.9 Å². The summed E-state index contributed by atoms with van der Waals surface area (Å²) < 4.78 is 10.9. The van der Waals surface area contributed by atoms with Gasteiger partial charge >= 0.3 is 11.9 Å². The SMILES string of the molecule is O=C(N/N=C/c1ccc(OC(=O)c2ccccc2C(=O)Oc2ccc(/C=N/NC(=O)c3ccc(O)cc3)cc2)cc1)c1ccc(O)cc1. The third-order valence-corrected chi connectivity index (χ3v) is 6.57. The molecule has 12 nitrogen and oxygen atoms in total. The van der Waals surface area contributed by atoms with E-state index in [1.165, 1.54) is 97.4 Å². The molecule has 4 N–H and O–H groups in total. The Morgan fingerprint density at radius 2 is 0.854 bits per heavy atom. The van der Waals surface area contributed by atoms with Crippen molar-refractivity contribution < 1.29 is 38.9 Å². The summed E-state index contributed by atoms with van der Waals surface area (Å²) in [5.74, 6) is -1.94. The number of nitrogens with zero attached hydrogens (tertiary/aromatic N) is 2. The Morgan fingerprint density at radius 3 is 1.21 bits per heavy atom. The lowest BCUT2D eigenvalue weighted by atomic mass is 10.1. The minimum Gasteiger partial charge on any atom is -0.508 e. The first-order valence-electron chi connectivity index (χ1n) is 14.2. The van der Waals surface area contributed by atoms with Crippen LogP contribution >= 0.6 is 0 Å². The average molecular weight is 643 g/mol. The zero-order valence-corrected chi connectivity index (χ0v) is 24.9. The number of hydrogen-bond donors (Lipinski definition) is 4. The molecule has 2 amide bonds. The summed E-state index contributed by atoms with van der Waals surface area (Å²) in [7, 11) is 0. The number of ether oxygens (including phenoxy) is 2. The quantitative estimate of drug-likeness (QED) is 0.0707. The molecule has 0 aliphatic carbocycles. The molecule has 5 rings (SSSR count). The second-order valence-corrected chi connectivity index (χ2v) is 9.95. The van der Waals surface area contributed by atoms with E-state index < -0.39 is 23.8 Å². The van der Waals surface area contributed by atoms with E-state index >= 15 is 0 Å². The van der Waals surface area contributed by atoms with Crippen molar-refractivity contribution in [3.05, 3.63) is 155 Å². The smallest absolute Gasteiger partial charge is 0.344 e. The van der Waals surface area contributed by atoms with E-state index in [0.717, 1.165) is 0 Å². The number of carbonyl (C=O) groups excluding carboxylic acids is 4. The summed E-state index contributed by atoms with van der Waals surface area (Å²) in [5, 5.41) is 26.5. The Hall–Kier alpha value is -7.08. The number of hydrogen-bond acceptors (Lipinski definition) is 10. The number of phenols is 2. The summed E-state index contributed by atoms with van der Waals surface area (Å²) in [4.78, 5) is 50.3. The van der Waals surface area contributed by atoms with Crippen LogP contribution < -0.4 is 20.3 Å². The van der Waals surface area contributed by atoms with Gasteiger partial charge in [-0.15, -0.1) is 0 Å². The van der Waals surface area contributed by atoms with Crippen LogP contribution in [0.3, 0.4) is 0 Å². The molecule has 0 spiro atoms. The van der Waals surface area contributed by atoms with E-state index in [9.17, 15) is 29.4 Å². The number of carbonyl (C=O) groups is 4. The Morgan fingerprint density at radius 1 is 0.500 bits per heavy atom. The predicted molar refractivity (Wildman–Crippen MR) is 176 cm³/mol. The molecule has 0 bridgehead atoms. The van der Waals surface area contributed by atoms with E-state index in [2.05, 4.69) is 21.1 Å². The summed E-state index contributed by atoms with van der Waals surface area (Å²) in [6, 6.07) is 30.1. The first-order chi connectivity index (χ1) is 23.2. The molecule has 5 aromatic carbocycles. The third kappa shape index (κ3) is 8.76. The Labute approximate surface area is 273 Å². The van der Waals surface area contributed by atoms with Crippen LogP contribution in [0, 0.1) is 0 Å². The van der Waals surface area contributed by atoms with Gasteiger partial charge in [0.05, 0.1) is 23.6 Å². The monoisotopic (exact) mass is 642 g/mol. The van der Waals surface area contributed by atoms with E-state index in [4.69, 9.17) is 9.47 Å². The van der Waals surface area contributed by atoms with Crippen molar-refractivity contribution in [2.24, 2.45) is 10.2 Å². The van der Waals surface area contributed by atoms with E-state index in [0.29, 0.717) is 22.3 Å². The summed E-state index contributed by atoms with van der Waals surface area (Å²) >= 11 is 0. The van der Waals surface area contributed by atoms with Crippen LogP contribution in [0.15, 0.2) is 132 Å². The predicted octanol–water partition coefficient (Wildman–Crippen LogP) is 5.06. The van der Waals surface area contributed by atoms with Gasteiger partial charge in [-0.1, -0.05) is 12.1 Å². The zero-order valence-electron chi connectivity index (χ0n) is 24.9. The number of nitrogens with one attached hydrogen (secondary N) is 2. The van der Waals surface area contributed by atoms with Gasteiger partial charge in [-0.05, 0) is 120 Å². The number of benzene rings is 5.